The molecule has 2 aromatic rings. The lowest BCUT2D eigenvalue weighted by Gasteiger charge is -2.06. The molecule has 1 amide bonds. The fourth-order valence-corrected chi connectivity index (χ4v) is 3.74. The molecule has 0 radical (unpaired) electrons. The quantitative estimate of drug-likeness (QED) is 0.888. The van der Waals surface area contributed by atoms with Gasteiger partial charge in [-0.1, -0.05) is 41.9 Å². The minimum atomic E-state index is 0.103. The second kappa shape index (κ2) is 6.14. The van der Waals surface area contributed by atoms with Crippen molar-refractivity contribution in [1.82, 2.24) is 5.32 Å². The van der Waals surface area contributed by atoms with Crippen molar-refractivity contribution >= 4 is 17.5 Å². The van der Waals surface area contributed by atoms with Crippen LogP contribution in [0.2, 0.25) is 5.02 Å². The normalized spacial score (nSPS) is 27.4. The minimum Gasteiger partial charge on any atom is -0.497 e. The summed E-state index contributed by atoms with van der Waals surface area (Å²) in [6.07, 6.45) is 1.91. The molecule has 3 nitrogen and oxygen atoms in total. The number of amides is 1. The third-order valence-corrected chi connectivity index (χ3v) is 5.44. The summed E-state index contributed by atoms with van der Waals surface area (Å²) in [7, 11) is 1.66. The number of rotatable bonds is 5. The van der Waals surface area contributed by atoms with Crippen LogP contribution in [0, 0.1) is 5.92 Å². The molecule has 0 saturated heterocycles. The Labute approximate surface area is 147 Å². The molecule has 4 rings (SSSR count). The van der Waals surface area contributed by atoms with Gasteiger partial charge >= 0.3 is 0 Å². The van der Waals surface area contributed by atoms with Crippen molar-refractivity contribution in [2.45, 2.75) is 30.7 Å². The van der Waals surface area contributed by atoms with E-state index < -0.39 is 0 Å². The van der Waals surface area contributed by atoms with E-state index in [2.05, 4.69) is 23.5 Å². The highest BCUT2D eigenvalue weighted by atomic mass is 35.5. The molecule has 1 N–H and O–H groups in total. The van der Waals surface area contributed by atoms with E-state index in [1.807, 2.05) is 30.3 Å². The van der Waals surface area contributed by atoms with Crippen LogP contribution in [-0.4, -0.2) is 19.1 Å². The molecule has 4 heteroatoms. The van der Waals surface area contributed by atoms with E-state index >= 15 is 0 Å². The minimum absolute atomic E-state index is 0.103. The van der Waals surface area contributed by atoms with E-state index in [0.29, 0.717) is 11.8 Å². The maximum atomic E-state index is 12.5. The summed E-state index contributed by atoms with van der Waals surface area (Å²) in [5.74, 6) is 1.83. The van der Waals surface area contributed by atoms with Crippen LogP contribution in [-0.2, 0) is 4.79 Å². The average Bonchev–Trinajstić information content (AvgIpc) is 3.50. The van der Waals surface area contributed by atoms with E-state index in [1.54, 1.807) is 7.11 Å². The number of benzene rings is 2. The molecule has 4 atom stereocenters. The van der Waals surface area contributed by atoms with Crippen molar-refractivity contribution in [3.05, 3.63) is 64.7 Å². The Morgan fingerprint density at radius 1 is 1.08 bits per heavy atom. The van der Waals surface area contributed by atoms with E-state index in [-0.39, 0.29) is 17.9 Å². The molecule has 0 bridgehead atoms. The van der Waals surface area contributed by atoms with Gasteiger partial charge in [-0.15, -0.1) is 0 Å². The number of ether oxygens (including phenoxy) is 1. The largest absolute Gasteiger partial charge is 0.497 e. The summed E-state index contributed by atoms with van der Waals surface area (Å²) in [5.41, 5.74) is 2.36. The Hall–Kier alpha value is -2.00. The van der Waals surface area contributed by atoms with Crippen molar-refractivity contribution in [3.8, 4) is 5.75 Å². The maximum Gasteiger partial charge on any atom is 0.223 e. The predicted molar refractivity (Wildman–Crippen MR) is 94.6 cm³/mol. The van der Waals surface area contributed by atoms with E-state index in [0.717, 1.165) is 29.2 Å². The van der Waals surface area contributed by atoms with Crippen molar-refractivity contribution in [1.29, 1.82) is 0 Å². The second-order valence-corrected chi connectivity index (χ2v) is 7.11. The van der Waals surface area contributed by atoms with Crippen molar-refractivity contribution < 1.29 is 9.53 Å². The van der Waals surface area contributed by atoms with Gasteiger partial charge in [0, 0.05) is 22.9 Å². The number of methoxy groups -OCH3 is 1. The van der Waals surface area contributed by atoms with Crippen LogP contribution < -0.4 is 10.1 Å². The molecule has 0 spiro atoms. The zero-order valence-electron chi connectivity index (χ0n) is 13.5. The number of nitrogens with one attached hydrogen (secondary N) is 1. The first kappa shape index (κ1) is 15.5. The molecule has 24 heavy (non-hydrogen) atoms. The fourth-order valence-electron chi connectivity index (χ4n) is 3.47. The molecule has 0 heterocycles. The lowest BCUT2D eigenvalue weighted by molar-refractivity contribution is -0.122. The highest BCUT2D eigenvalue weighted by molar-refractivity contribution is 6.31. The van der Waals surface area contributed by atoms with Crippen LogP contribution in [0.3, 0.4) is 0 Å². The summed E-state index contributed by atoms with van der Waals surface area (Å²) in [6.45, 7) is 0. The molecule has 2 saturated carbocycles. The third-order valence-electron chi connectivity index (χ3n) is 5.09. The number of carbonyl (C=O) groups is 1. The van der Waals surface area contributed by atoms with Gasteiger partial charge in [-0.2, -0.15) is 0 Å². The first-order valence-electron chi connectivity index (χ1n) is 8.36. The molecular formula is C20H20ClNO2. The smallest absolute Gasteiger partial charge is 0.223 e. The van der Waals surface area contributed by atoms with Gasteiger partial charge in [0.1, 0.15) is 5.75 Å². The topological polar surface area (TPSA) is 38.3 Å². The number of carbonyl (C=O) groups excluding carboxylic acids is 1. The zero-order valence-corrected chi connectivity index (χ0v) is 14.3. The van der Waals surface area contributed by atoms with Gasteiger partial charge in [0.15, 0.2) is 0 Å². The number of hydrogen-bond acceptors (Lipinski definition) is 2. The van der Waals surface area contributed by atoms with Gasteiger partial charge in [-0.25, -0.2) is 0 Å². The maximum absolute atomic E-state index is 12.5. The second-order valence-electron chi connectivity index (χ2n) is 6.70. The Morgan fingerprint density at radius 2 is 1.83 bits per heavy atom. The average molecular weight is 342 g/mol. The molecule has 2 aliphatic rings. The highest BCUT2D eigenvalue weighted by Crippen LogP contribution is 2.49. The first-order chi connectivity index (χ1) is 11.7. The molecular weight excluding hydrogens is 322 g/mol. The summed E-state index contributed by atoms with van der Waals surface area (Å²) in [6, 6.07) is 16.2. The van der Waals surface area contributed by atoms with E-state index in [9.17, 15) is 4.79 Å². The van der Waals surface area contributed by atoms with Gasteiger partial charge in [0.05, 0.1) is 7.11 Å². The summed E-state index contributed by atoms with van der Waals surface area (Å²) < 4.78 is 5.18. The van der Waals surface area contributed by atoms with Gasteiger partial charge < -0.3 is 10.1 Å². The first-order valence-corrected chi connectivity index (χ1v) is 8.74. The lowest BCUT2D eigenvalue weighted by atomic mass is 10.1. The van der Waals surface area contributed by atoms with Crippen LogP contribution in [0.15, 0.2) is 48.5 Å². The van der Waals surface area contributed by atoms with Crippen molar-refractivity contribution in [2.24, 2.45) is 5.92 Å². The van der Waals surface area contributed by atoms with Crippen LogP contribution in [0.1, 0.15) is 35.8 Å². The molecule has 0 aromatic heterocycles. The van der Waals surface area contributed by atoms with Crippen LogP contribution in [0.5, 0.6) is 5.75 Å². The van der Waals surface area contributed by atoms with E-state index in [1.165, 1.54) is 5.56 Å². The van der Waals surface area contributed by atoms with Gasteiger partial charge in [0.25, 0.3) is 0 Å². The highest BCUT2D eigenvalue weighted by Gasteiger charge is 2.47. The Balaban J connectivity index is 1.33. The Morgan fingerprint density at radius 3 is 2.54 bits per heavy atom. The van der Waals surface area contributed by atoms with Gasteiger partial charge in [-0.05, 0) is 48.1 Å². The van der Waals surface area contributed by atoms with Gasteiger partial charge in [-0.3, -0.25) is 4.79 Å². The fraction of sp³-hybridized carbons (Fsp3) is 0.350. The number of hydrogen-bond donors (Lipinski definition) is 1. The zero-order chi connectivity index (χ0) is 16.7. The molecule has 2 aliphatic carbocycles. The third kappa shape index (κ3) is 3.01. The van der Waals surface area contributed by atoms with Crippen molar-refractivity contribution in [2.75, 3.05) is 7.11 Å². The lowest BCUT2D eigenvalue weighted by Crippen LogP contribution is -2.28. The Bertz CT molecular complexity index is 758. The number of halogens is 1. The van der Waals surface area contributed by atoms with Crippen molar-refractivity contribution in [3.63, 3.8) is 0 Å². The SMILES string of the molecule is COc1ccc([C@@H]2C[C@@H]2C(=O)N[C@H]2C[C@@H]2c2ccccc2Cl)cc1. The molecule has 0 unspecified atom stereocenters. The van der Waals surface area contributed by atoms with Crippen LogP contribution in [0.25, 0.3) is 0 Å². The van der Waals surface area contributed by atoms with E-state index in [4.69, 9.17) is 16.3 Å². The predicted octanol–water partition coefficient (Wildman–Crippen LogP) is 4.12. The molecule has 0 aliphatic heterocycles. The van der Waals surface area contributed by atoms with Crippen LogP contribution >= 0.6 is 11.6 Å². The van der Waals surface area contributed by atoms with Crippen LogP contribution in [0.4, 0.5) is 0 Å². The molecule has 2 fully saturated rings. The molecule has 124 valence electrons. The standard InChI is InChI=1S/C20H20ClNO2/c1-24-13-8-6-12(7-9-13)15-10-17(15)20(23)22-19-11-16(19)14-4-2-3-5-18(14)21/h2-9,15-17,19H,10-11H2,1H3,(H,22,23)/t15-,16+,17-,19-/m0/s1. The summed E-state index contributed by atoms with van der Waals surface area (Å²) >= 11 is 6.24. The summed E-state index contributed by atoms with van der Waals surface area (Å²) in [5, 5.41) is 3.98. The van der Waals surface area contributed by atoms with Gasteiger partial charge in [0.2, 0.25) is 5.91 Å². The Kier molecular flexibility index (Phi) is 3.97. The summed E-state index contributed by atoms with van der Waals surface area (Å²) in [4.78, 5) is 12.5. The molecule has 2 aromatic carbocycles. The monoisotopic (exact) mass is 341 g/mol.